The highest BCUT2D eigenvalue weighted by Crippen LogP contribution is 2.37. The summed E-state index contributed by atoms with van der Waals surface area (Å²) in [5.74, 6) is 0. The first-order valence-electron chi connectivity index (χ1n) is 6.59. The highest BCUT2D eigenvalue weighted by molar-refractivity contribution is 6.74. The molecule has 0 fully saturated rings. The van der Waals surface area contributed by atoms with Crippen molar-refractivity contribution in [2.75, 3.05) is 6.61 Å². The SMILES string of the molecule is CC(C)(C)[Si](C)(C)OCc1ccccc1CCO. The van der Waals surface area contributed by atoms with Gasteiger partial charge in [0.05, 0.1) is 6.61 Å². The van der Waals surface area contributed by atoms with E-state index in [-0.39, 0.29) is 11.6 Å². The van der Waals surface area contributed by atoms with Crippen molar-refractivity contribution in [3.05, 3.63) is 35.4 Å². The van der Waals surface area contributed by atoms with Crippen molar-refractivity contribution in [1.82, 2.24) is 0 Å². The normalized spacial score (nSPS) is 12.8. The van der Waals surface area contributed by atoms with Crippen LogP contribution in [0.5, 0.6) is 0 Å². The standard InChI is InChI=1S/C15H26O2Si/c1-15(2,3)18(4,5)17-12-14-9-7-6-8-13(14)10-11-16/h6-9,16H,10-12H2,1-5H3. The van der Waals surface area contributed by atoms with Gasteiger partial charge in [0.15, 0.2) is 8.32 Å². The van der Waals surface area contributed by atoms with Crippen LogP contribution >= 0.6 is 0 Å². The van der Waals surface area contributed by atoms with Crippen LogP contribution in [0.15, 0.2) is 24.3 Å². The van der Waals surface area contributed by atoms with Crippen LogP contribution in [0.3, 0.4) is 0 Å². The van der Waals surface area contributed by atoms with E-state index in [1.807, 2.05) is 12.1 Å². The number of hydrogen-bond donors (Lipinski definition) is 1. The van der Waals surface area contributed by atoms with E-state index in [0.29, 0.717) is 13.0 Å². The molecule has 18 heavy (non-hydrogen) atoms. The van der Waals surface area contributed by atoms with Gasteiger partial charge in [-0.2, -0.15) is 0 Å². The van der Waals surface area contributed by atoms with Crippen molar-refractivity contribution >= 4 is 8.32 Å². The van der Waals surface area contributed by atoms with Gasteiger partial charge in [0.2, 0.25) is 0 Å². The first-order valence-corrected chi connectivity index (χ1v) is 9.50. The van der Waals surface area contributed by atoms with E-state index in [9.17, 15) is 0 Å². The minimum atomic E-state index is -1.70. The van der Waals surface area contributed by atoms with Crippen LogP contribution in [-0.2, 0) is 17.5 Å². The van der Waals surface area contributed by atoms with Crippen molar-refractivity contribution in [3.8, 4) is 0 Å². The Morgan fingerprint density at radius 3 is 2.17 bits per heavy atom. The van der Waals surface area contributed by atoms with E-state index in [2.05, 4.69) is 46.0 Å². The van der Waals surface area contributed by atoms with Gasteiger partial charge in [0.1, 0.15) is 0 Å². The van der Waals surface area contributed by atoms with Crippen LogP contribution in [0.2, 0.25) is 18.1 Å². The first-order chi connectivity index (χ1) is 8.28. The predicted molar refractivity (Wildman–Crippen MR) is 79.2 cm³/mol. The molecule has 0 bridgehead atoms. The van der Waals surface area contributed by atoms with Gasteiger partial charge in [-0.15, -0.1) is 0 Å². The maximum absolute atomic E-state index is 9.07. The Balaban J connectivity index is 2.75. The number of benzene rings is 1. The van der Waals surface area contributed by atoms with Gasteiger partial charge in [-0.25, -0.2) is 0 Å². The fourth-order valence-electron chi connectivity index (χ4n) is 1.54. The van der Waals surface area contributed by atoms with Crippen molar-refractivity contribution in [2.45, 2.75) is 51.9 Å². The number of aliphatic hydroxyl groups is 1. The van der Waals surface area contributed by atoms with Gasteiger partial charge >= 0.3 is 0 Å². The highest BCUT2D eigenvalue weighted by Gasteiger charge is 2.37. The van der Waals surface area contributed by atoms with Crippen molar-refractivity contribution in [2.24, 2.45) is 0 Å². The molecular formula is C15H26O2Si. The lowest BCUT2D eigenvalue weighted by Crippen LogP contribution is -2.40. The van der Waals surface area contributed by atoms with Crippen molar-refractivity contribution in [1.29, 1.82) is 0 Å². The Labute approximate surface area is 112 Å². The molecule has 0 saturated carbocycles. The molecule has 2 nitrogen and oxygen atoms in total. The summed E-state index contributed by atoms with van der Waals surface area (Å²) in [6.07, 6.45) is 0.705. The maximum atomic E-state index is 9.07. The zero-order valence-electron chi connectivity index (χ0n) is 12.3. The lowest BCUT2D eigenvalue weighted by molar-refractivity contribution is 0.272. The molecule has 0 aliphatic heterocycles. The molecule has 0 aliphatic carbocycles. The smallest absolute Gasteiger partial charge is 0.192 e. The molecule has 0 unspecified atom stereocenters. The van der Waals surface area contributed by atoms with Crippen LogP contribution in [-0.4, -0.2) is 20.0 Å². The minimum Gasteiger partial charge on any atom is -0.413 e. The molecule has 102 valence electrons. The summed E-state index contributed by atoms with van der Waals surface area (Å²) in [5.41, 5.74) is 2.40. The summed E-state index contributed by atoms with van der Waals surface area (Å²) in [5, 5.41) is 9.30. The molecule has 0 aromatic heterocycles. The molecule has 1 N–H and O–H groups in total. The summed E-state index contributed by atoms with van der Waals surface area (Å²) < 4.78 is 6.22. The summed E-state index contributed by atoms with van der Waals surface area (Å²) >= 11 is 0. The maximum Gasteiger partial charge on any atom is 0.192 e. The Morgan fingerprint density at radius 2 is 1.67 bits per heavy atom. The molecule has 0 spiro atoms. The van der Waals surface area contributed by atoms with Crippen molar-refractivity contribution < 1.29 is 9.53 Å². The fourth-order valence-corrected chi connectivity index (χ4v) is 2.49. The van der Waals surface area contributed by atoms with Gasteiger partial charge in [-0.1, -0.05) is 45.0 Å². The monoisotopic (exact) mass is 266 g/mol. The molecule has 1 aromatic carbocycles. The second kappa shape index (κ2) is 6.00. The number of aliphatic hydroxyl groups excluding tert-OH is 1. The Kier molecular flexibility index (Phi) is 5.14. The molecule has 0 heterocycles. The fraction of sp³-hybridized carbons (Fsp3) is 0.600. The first kappa shape index (κ1) is 15.4. The minimum absolute atomic E-state index is 0.192. The molecule has 1 rings (SSSR count). The third-order valence-electron chi connectivity index (χ3n) is 3.89. The van der Waals surface area contributed by atoms with E-state index >= 15 is 0 Å². The van der Waals surface area contributed by atoms with Crippen LogP contribution in [0.25, 0.3) is 0 Å². The summed E-state index contributed by atoms with van der Waals surface area (Å²) in [4.78, 5) is 0. The largest absolute Gasteiger partial charge is 0.413 e. The molecule has 1 aromatic rings. The van der Waals surface area contributed by atoms with Gasteiger partial charge in [0, 0.05) is 6.61 Å². The Hall–Kier alpha value is -0.643. The topological polar surface area (TPSA) is 29.5 Å². The second-order valence-corrected chi connectivity index (χ2v) is 11.1. The lowest BCUT2D eigenvalue weighted by atomic mass is 10.1. The Morgan fingerprint density at radius 1 is 1.11 bits per heavy atom. The molecule has 0 saturated heterocycles. The number of hydrogen-bond acceptors (Lipinski definition) is 2. The van der Waals surface area contributed by atoms with Crippen LogP contribution in [0.1, 0.15) is 31.9 Å². The molecular weight excluding hydrogens is 240 g/mol. The second-order valence-electron chi connectivity index (χ2n) is 6.29. The highest BCUT2D eigenvalue weighted by atomic mass is 28.4. The molecule has 0 radical (unpaired) electrons. The summed E-state index contributed by atoms with van der Waals surface area (Å²) in [6.45, 7) is 12.1. The molecule has 3 heteroatoms. The quantitative estimate of drug-likeness (QED) is 0.823. The molecule has 0 atom stereocenters. The average Bonchev–Trinajstić information content (AvgIpc) is 2.27. The van der Waals surface area contributed by atoms with Gasteiger partial charge in [-0.05, 0) is 35.7 Å². The Bertz CT molecular complexity index is 380. The van der Waals surface area contributed by atoms with E-state index in [1.165, 1.54) is 11.1 Å². The van der Waals surface area contributed by atoms with Gasteiger partial charge in [-0.3, -0.25) is 0 Å². The predicted octanol–water partition coefficient (Wildman–Crippen LogP) is 3.74. The van der Waals surface area contributed by atoms with Crippen LogP contribution in [0, 0.1) is 0 Å². The zero-order valence-corrected chi connectivity index (χ0v) is 13.3. The van der Waals surface area contributed by atoms with Gasteiger partial charge < -0.3 is 9.53 Å². The van der Waals surface area contributed by atoms with E-state index in [0.717, 1.165) is 0 Å². The van der Waals surface area contributed by atoms with Gasteiger partial charge in [0.25, 0.3) is 0 Å². The van der Waals surface area contributed by atoms with Crippen LogP contribution < -0.4 is 0 Å². The zero-order chi connectivity index (χ0) is 13.8. The summed E-state index contributed by atoms with van der Waals surface area (Å²) in [7, 11) is -1.70. The van der Waals surface area contributed by atoms with Crippen LogP contribution in [0.4, 0.5) is 0 Å². The van der Waals surface area contributed by atoms with E-state index in [4.69, 9.17) is 9.53 Å². The molecule has 0 aliphatic rings. The van der Waals surface area contributed by atoms with Crippen molar-refractivity contribution in [3.63, 3.8) is 0 Å². The van der Waals surface area contributed by atoms with E-state index in [1.54, 1.807) is 0 Å². The summed E-state index contributed by atoms with van der Waals surface area (Å²) in [6, 6.07) is 8.21. The molecule has 0 amide bonds. The third kappa shape index (κ3) is 3.94. The third-order valence-corrected chi connectivity index (χ3v) is 8.37. The average molecular weight is 266 g/mol. The lowest BCUT2D eigenvalue weighted by Gasteiger charge is -2.36. The number of rotatable bonds is 5. The van der Waals surface area contributed by atoms with E-state index < -0.39 is 8.32 Å².